The molecule has 2 heteroatoms. The number of allylic oxidation sites excluding steroid dienone is 1. The predicted octanol–water partition coefficient (Wildman–Crippen LogP) is 2.98. The molecule has 0 bridgehead atoms. The van der Waals surface area contributed by atoms with Crippen LogP contribution in [0.4, 0.5) is 0 Å². The van der Waals surface area contributed by atoms with Gasteiger partial charge in [-0.05, 0) is 5.56 Å². The maximum atomic E-state index is 5.66. The Morgan fingerprint density at radius 2 is 2.00 bits per heavy atom. The molecule has 54 valence electrons. The topological polar surface area (TPSA) is 0 Å². The van der Waals surface area contributed by atoms with Crippen molar-refractivity contribution in [2.24, 2.45) is 0 Å². The summed E-state index contributed by atoms with van der Waals surface area (Å²) < 4.78 is 1.08. The molecule has 0 aliphatic heterocycles. The van der Waals surface area contributed by atoms with Gasteiger partial charge in [-0.2, -0.15) is 0 Å². The summed E-state index contributed by atoms with van der Waals surface area (Å²) >= 11 is -0.316. The third-order valence-corrected chi connectivity index (χ3v) is 2.59. The van der Waals surface area contributed by atoms with Gasteiger partial charge in [0.2, 0.25) is 0 Å². The van der Waals surface area contributed by atoms with Crippen molar-refractivity contribution in [2.75, 3.05) is 0 Å². The molecule has 0 radical (unpaired) electrons. The summed E-state index contributed by atoms with van der Waals surface area (Å²) in [6.07, 6.45) is 4.27. The molecule has 0 N–H and O–H groups in total. The molecule has 0 atom stereocenters. The van der Waals surface area contributed by atoms with E-state index < -0.39 is 0 Å². The second-order valence-corrected chi connectivity index (χ2v) is 4.38. The Kier molecular flexibility index (Phi) is 4.67. The van der Waals surface area contributed by atoms with Crippen molar-refractivity contribution in [2.45, 2.75) is 4.55 Å². The summed E-state index contributed by atoms with van der Waals surface area (Å²) in [6, 6.07) is 10.3. The number of rotatable bonds is 3. The molecule has 1 rings (SSSR count). The summed E-state index contributed by atoms with van der Waals surface area (Å²) in [5, 5.41) is 0. The molecule has 0 aromatic heterocycles. The first-order chi connectivity index (χ1) is 5.43. The lowest BCUT2D eigenvalue weighted by Crippen LogP contribution is -1.71. The molecule has 0 aliphatic rings. The minimum absolute atomic E-state index is 0.316. The van der Waals surface area contributed by atoms with Gasteiger partial charge in [-0.15, -0.1) is 10.6 Å². The third-order valence-electron chi connectivity index (χ3n) is 1.39. The van der Waals surface area contributed by atoms with Crippen molar-refractivity contribution in [3.63, 3.8) is 0 Å². The summed E-state index contributed by atoms with van der Waals surface area (Å²) in [5.41, 5.74) is 1.26. The lowest BCUT2D eigenvalue weighted by molar-refractivity contribution is 1.64. The Labute approximate surface area is 80.8 Å². The Hall–Kier alpha value is 0.0162. The largest absolute Gasteiger partial charge is 0.504 e. The van der Waals surface area contributed by atoms with E-state index >= 15 is 0 Å². The molecular formula is C9H9ClMg. The van der Waals surface area contributed by atoms with Crippen LogP contribution in [-0.4, -0.2) is 19.3 Å². The summed E-state index contributed by atoms with van der Waals surface area (Å²) in [4.78, 5) is 0. The SMILES string of the molecule is [Cl][Mg][CH2]/C=C/c1ccccc1. The predicted molar refractivity (Wildman–Crippen MR) is 51.9 cm³/mol. The van der Waals surface area contributed by atoms with Crippen LogP contribution in [0, 0.1) is 0 Å². The van der Waals surface area contributed by atoms with Crippen LogP contribution in [0.25, 0.3) is 6.08 Å². The fraction of sp³-hybridized carbons (Fsp3) is 0.111. The van der Waals surface area contributed by atoms with Gasteiger partial charge in [0.1, 0.15) is 0 Å². The van der Waals surface area contributed by atoms with Crippen molar-refractivity contribution in [3.8, 4) is 0 Å². The van der Waals surface area contributed by atoms with Gasteiger partial charge in [0.05, 0.1) is 0 Å². The zero-order valence-electron chi connectivity index (χ0n) is 6.33. The highest BCUT2D eigenvalue weighted by atomic mass is 35.5. The van der Waals surface area contributed by atoms with E-state index in [0.717, 1.165) is 4.55 Å². The Morgan fingerprint density at radius 1 is 1.27 bits per heavy atom. The van der Waals surface area contributed by atoms with Gasteiger partial charge in [0.15, 0.2) is 0 Å². The first-order valence-corrected chi connectivity index (χ1v) is 6.85. The van der Waals surface area contributed by atoms with Crippen LogP contribution in [0.3, 0.4) is 0 Å². The molecule has 0 spiro atoms. The number of halogens is 1. The average molecular weight is 177 g/mol. The smallest absolute Gasteiger partial charge is 0.346 e. The van der Waals surface area contributed by atoms with Crippen LogP contribution in [0.15, 0.2) is 36.4 Å². The van der Waals surface area contributed by atoms with Crippen LogP contribution in [0.5, 0.6) is 0 Å². The van der Waals surface area contributed by atoms with Crippen LogP contribution in [0.1, 0.15) is 5.56 Å². The van der Waals surface area contributed by atoms with Gasteiger partial charge in [0, 0.05) is 0 Å². The van der Waals surface area contributed by atoms with Gasteiger partial charge < -0.3 is 9.07 Å². The zero-order valence-corrected chi connectivity index (χ0v) is 8.50. The average Bonchev–Trinajstić information content (AvgIpc) is 2.07. The Balaban J connectivity index is 2.50. The standard InChI is InChI=1S/C9H9.ClH.Mg/c1-2-6-9-7-4-3-5-8-9;;/h2-8H,1H2;1H;/q;;+1/p-1/b6-2+;;. The molecule has 0 amide bonds. The van der Waals surface area contributed by atoms with Gasteiger partial charge in [0.25, 0.3) is 0 Å². The molecule has 0 saturated carbocycles. The molecule has 0 aliphatic carbocycles. The third kappa shape index (κ3) is 3.80. The summed E-state index contributed by atoms with van der Waals surface area (Å²) in [7, 11) is 5.66. The Morgan fingerprint density at radius 3 is 2.64 bits per heavy atom. The summed E-state index contributed by atoms with van der Waals surface area (Å²) in [6.45, 7) is 0. The van der Waals surface area contributed by atoms with Crippen molar-refractivity contribution < 1.29 is 0 Å². The number of hydrogen-bond acceptors (Lipinski definition) is 0. The second kappa shape index (κ2) is 5.64. The van der Waals surface area contributed by atoms with Crippen LogP contribution in [0.2, 0.25) is 4.55 Å². The van der Waals surface area contributed by atoms with Crippen molar-refractivity contribution in [1.29, 1.82) is 0 Å². The van der Waals surface area contributed by atoms with Gasteiger partial charge in [-0.25, -0.2) is 0 Å². The lowest BCUT2D eigenvalue weighted by Gasteiger charge is -1.89. The molecule has 1 aromatic carbocycles. The van der Waals surface area contributed by atoms with E-state index in [1.165, 1.54) is 5.56 Å². The minimum atomic E-state index is -0.316. The van der Waals surface area contributed by atoms with E-state index in [9.17, 15) is 0 Å². The van der Waals surface area contributed by atoms with Crippen LogP contribution >= 0.6 is 9.07 Å². The van der Waals surface area contributed by atoms with E-state index in [1.54, 1.807) is 0 Å². The molecule has 11 heavy (non-hydrogen) atoms. The second-order valence-electron chi connectivity index (χ2n) is 2.29. The highest BCUT2D eigenvalue weighted by Gasteiger charge is 1.84. The summed E-state index contributed by atoms with van der Waals surface area (Å²) in [5.74, 6) is 0. The molecule has 0 unspecified atom stereocenters. The molecule has 1 aromatic rings. The van der Waals surface area contributed by atoms with Crippen molar-refractivity contribution in [1.82, 2.24) is 0 Å². The van der Waals surface area contributed by atoms with E-state index in [-0.39, 0.29) is 19.3 Å². The number of benzene rings is 1. The molecule has 0 saturated heterocycles. The van der Waals surface area contributed by atoms with Crippen molar-refractivity contribution >= 4 is 34.4 Å². The highest BCUT2D eigenvalue weighted by molar-refractivity contribution is 6.93. The molecule has 0 fully saturated rings. The zero-order chi connectivity index (χ0) is 7.94. The normalized spacial score (nSPS) is 9.91. The number of hydrogen-bond donors (Lipinski definition) is 0. The van der Waals surface area contributed by atoms with E-state index in [0.29, 0.717) is 0 Å². The van der Waals surface area contributed by atoms with Gasteiger partial charge in [-0.3, -0.25) is 0 Å². The first-order valence-electron chi connectivity index (χ1n) is 3.71. The van der Waals surface area contributed by atoms with E-state index in [2.05, 4.69) is 24.3 Å². The Bertz CT molecular complexity index is 218. The highest BCUT2D eigenvalue weighted by Crippen LogP contribution is 2.01. The fourth-order valence-corrected chi connectivity index (χ4v) is 1.52. The quantitative estimate of drug-likeness (QED) is 0.622. The molecular weight excluding hydrogens is 168 g/mol. The molecule has 0 heterocycles. The van der Waals surface area contributed by atoms with Crippen LogP contribution < -0.4 is 0 Å². The monoisotopic (exact) mass is 176 g/mol. The van der Waals surface area contributed by atoms with Gasteiger partial charge in [-0.1, -0.05) is 36.4 Å². The van der Waals surface area contributed by atoms with E-state index in [4.69, 9.17) is 9.07 Å². The maximum absolute atomic E-state index is 5.66. The first kappa shape index (κ1) is 9.11. The maximum Gasteiger partial charge on any atom is 0.504 e. The van der Waals surface area contributed by atoms with Gasteiger partial charge >= 0.3 is 19.3 Å². The fourth-order valence-electron chi connectivity index (χ4n) is 0.847. The van der Waals surface area contributed by atoms with Crippen molar-refractivity contribution in [3.05, 3.63) is 42.0 Å². The van der Waals surface area contributed by atoms with E-state index in [1.807, 2.05) is 18.2 Å². The lowest BCUT2D eigenvalue weighted by atomic mass is 10.2. The molecule has 0 nitrogen and oxygen atoms in total. The van der Waals surface area contributed by atoms with Crippen LogP contribution in [-0.2, 0) is 0 Å². The minimum Gasteiger partial charge on any atom is -0.346 e.